The first-order valence-electron chi connectivity index (χ1n) is 8.93. The first kappa shape index (κ1) is 18.9. The van der Waals surface area contributed by atoms with E-state index in [1.165, 1.54) is 7.05 Å². The average Bonchev–Trinajstić information content (AvgIpc) is 3.00. The van der Waals surface area contributed by atoms with Crippen LogP contribution in [-0.2, 0) is 14.3 Å². The lowest BCUT2D eigenvalue weighted by Gasteiger charge is -2.25. The second-order valence-electron chi connectivity index (χ2n) is 6.43. The molecule has 2 aromatic rings. The van der Waals surface area contributed by atoms with Gasteiger partial charge in [-0.3, -0.25) is 4.90 Å². The summed E-state index contributed by atoms with van der Waals surface area (Å²) < 4.78 is 10.6. The molecule has 1 atom stereocenters. The Morgan fingerprint density at radius 2 is 1.63 bits per heavy atom. The van der Waals surface area contributed by atoms with Gasteiger partial charge in [0.2, 0.25) is 0 Å². The van der Waals surface area contributed by atoms with E-state index in [1.54, 1.807) is 6.92 Å². The van der Waals surface area contributed by atoms with Crippen LogP contribution < -0.4 is 0 Å². The van der Waals surface area contributed by atoms with Crippen LogP contribution in [0.1, 0.15) is 24.0 Å². The molecule has 1 N–H and O–H groups in total. The number of benzene rings is 2. The molecule has 0 radical (unpaired) electrons. The van der Waals surface area contributed by atoms with E-state index in [0.717, 1.165) is 27.2 Å². The van der Waals surface area contributed by atoms with Gasteiger partial charge in [0.05, 0.1) is 6.61 Å². The predicted octanol–water partition coefficient (Wildman–Crippen LogP) is 3.36. The highest BCUT2D eigenvalue weighted by molar-refractivity contribution is 5.81. The molecule has 0 saturated heterocycles. The zero-order chi connectivity index (χ0) is 19.4. The third kappa shape index (κ3) is 3.80. The van der Waals surface area contributed by atoms with Crippen molar-refractivity contribution in [1.82, 2.24) is 4.90 Å². The number of aliphatic carboxylic acids is 1. The Bertz CT molecular complexity index is 789. The first-order chi connectivity index (χ1) is 13.0. The van der Waals surface area contributed by atoms with Crippen LogP contribution in [-0.4, -0.2) is 55.0 Å². The summed E-state index contributed by atoms with van der Waals surface area (Å²) in [5.41, 5.74) is 4.50. The summed E-state index contributed by atoms with van der Waals surface area (Å²) in [5, 5.41) is 9.33. The standard InChI is InChI=1S/C21H23NO5/c1-3-26-13-19(20(23)24)22(2)21(25)27-12-18-16-10-6-4-8-14(16)15-9-5-7-11-17(15)18/h4-11,18-19H,3,12-13H2,1-2H3,(H,23,24). The van der Waals surface area contributed by atoms with Crippen molar-refractivity contribution in [1.29, 1.82) is 0 Å². The van der Waals surface area contributed by atoms with Crippen LogP contribution in [0.2, 0.25) is 0 Å². The van der Waals surface area contributed by atoms with Gasteiger partial charge < -0.3 is 14.6 Å². The molecule has 0 aromatic heterocycles. The minimum Gasteiger partial charge on any atom is -0.480 e. The SMILES string of the molecule is CCOCC(C(=O)O)N(C)C(=O)OCC1c2ccccc2-c2ccccc21. The molecule has 0 heterocycles. The highest BCUT2D eigenvalue weighted by Gasteiger charge is 2.31. The van der Waals surface area contributed by atoms with Gasteiger partial charge in [0.1, 0.15) is 6.61 Å². The molecule has 27 heavy (non-hydrogen) atoms. The van der Waals surface area contributed by atoms with Gasteiger partial charge in [-0.25, -0.2) is 9.59 Å². The molecule has 1 aliphatic rings. The number of fused-ring (bicyclic) bond motifs is 3. The fourth-order valence-electron chi connectivity index (χ4n) is 3.40. The highest BCUT2D eigenvalue weighted by Crippen LogP contribution is 2.44. The van der Waals surface area contributed by atoms with E-state index in [2.05, 4.69) is 12.1 Å². The minimum atomic E-state index is -1.13. The van der Waals surface area contributed by atoms with Crippen LogP contribution >= 0.6 is 0 Å². The van der Waals surface area contributed by atoms with Gasteiger partial charge >= 0.3 is 12.1 Å². The van der Waals surface area contributed by atoms with Gasteiger partial charge in [0.15, 0.2) is 6.04 Å². The summed E-state index contributed by atoms with van der Waals surface area (Å²) in [6.45, 7) is 2.22. The number of amides is 1. The van der Waals surface area contributed by atoms with Gasteiger partial charge in [-0.2, -0.15) is 0 Å². The van der Waals surface area contributed by atoms with Crippen LogP contribution in [0.25, 0.3) is 11.1 Å². The zero-order valence-corrected chi connectivity index (χ0v) is 15.4. The smallest absolute Gasteiger partial charge is 0.410 e. The largest absolute Gasteiger partial charge is 0.480 e. The molecule has 0 aliphatic heterocycles. The van der Waals surface area contributed by atoms with E-state index in [4.69, 9.17) is 9.47 Å². The number of ether oxygens (including phenoxy) is 2. The molecule has 1 amide bonds. The number of carbonyl (C=O) groups excluding carboxylic acids is 1. The molecule has 6 heteroatoms. The molecular formula is C21H23NO5. The van der Waals surface area contributed by atoms with Crippen LogP contribution in [0.4, 0.5) is 4.79 Å². The number of rotatable bonds is 7. The number of carbonyl (C=O) groups is 2. The van der Waals surface area contributed by atoms with Gasteiger partial charge in [-0.15, -0.1) is 0 Å². The van der Waals surface area contributed by atoms with Gasteiger partial charge in [0.25, 0.3) is 0 Å². The van der Waals surface area contributed by atoms with Crippen molar-refractivity contribution in [2.24, 2.45) is 0 Å². The summed E-state index contributed by atoms with van der Waals surface area (Å²) in [7, 11) is 1.41. The molecule has 6 nitrogen and oxygen atoms in total. The number of carboxylic acids is 1. The van der Waals surface area contributed by atoms with Gasteiger partial charge in [0, 0.05) is 19.6 Å². The Morgan fingerprint density at radius 3 is 2.15 bits per heavy atom. The van der Waals surface area contributed by atoms with E-state index >= 15 is 0 Å². The third-order valence-corrected chi connectivity index (χ3v) is 4.86. The number of hydrogen-bond acceptors (Lipinski definition) is 4. The lowest BCUT2D eigenvalue weighted by Crippen LogP contribution is -2.45. The maximum absolute atomic E-state index is 12.4. The predicted molar refractivity (Wildman–Crippen MR) is 101 cm³/mol. The summed E-state index contributed by atoms with van der Waals surface area (Å²) in [5.74, 6) is -1.19. The number of nitrogens with zero attached hydrogens (tertiary/aromatic N) is 1. The molecular weight excluding hydrogens is 346 g/mol. The number of hydrogen-bond donors (Lipinski definition) is 1. The molecule has 0 bridgehead atoms. The number of likely N-dealkylation sites (N-methyl/N-ethyl adjacent to an activating group) is 1. The quantitative estimate of drug-likeness (QED) is 0.810. The number of carboxylic acid groups (broad SMARTS) is 1. The third-order valence-electron chi connectivity index (χ3n) is 4.86. The maximum Gasteiger partial charge on any atom is 0.410 e. The topological polar surface area (TPSA) is 76.1 Å². The molecule has 142 valence electrons. The molecule has 0 fully saturated rings. The van der Waals surface area contributed by atoms with Crippen LogP contribution in [0.5, 0.6) is 0 Å². The average molecular weight is 369 g/mol. The highest BCUT2D eigenvalue weighted by atomic mass is 16.6. The molecule has 0 saturated carbocycles. The fourth-order valence-corrected chi connectivity index (χ4v) is 3.40. The first-order valence-corrected chi connectivity index (χ1v) is 8.93. The molecule has 3 rings (SSSR count). The Kier molecular flexibility index (Phi) is 5.76. The maximum atomic E-state index is 12.4. The van der Waals surface area contributed by atoms with E-state index in [1.807, 2.05) is 36.4 Å². The van der Waals surface area contributed by atoms with Crippen molar-refractivity contribution in [3.8, 4) is 11.1 Å². The summed E-state index contributed by atoms with van der Waals surface area (Å²) >= 11 is 0. The van der Waals surface area contributed by atoms with Crippen LogP contribution in [0.15, 0.2) is 48.5 Å². The van der Waals surface area contributed by atoms with Gasteiger partial charge in [-0.05, 0) is 29.2 Å². The molecule has 1 aliphatic carbocycles. The van der Waals surface area contributed by atoms with Crippen LogP contribution in [0, 0.1) is 0 Å². The van der Waals surface area contributed by atoms with E-state index in [-0.39, 0.29) is 19.1 Å². The Balaban J connectivity index is 1.73. The van der Waals surface area contributed by atoms with Crippen molar-refractivity contribution < 1.29 is 24.2 Å². The van der Waals surface area contributed by atoms with Crippen molar-refractivity contribution in [3.63, 3.8) is 0 Å². The van der Waals surface area contributed by atoms with E-state index in [0.29, 0.717) is 6.61 Å². The minimum absolute atomic E-state index is 0.0649. The van der Waals surface area contributed by atoms with Gasteiger partial charge in [-0.1, -0.05) is 48.5 Å². The van der Waals surface area contributed by atoms with Crippen molar-refractivity contribution in [2.45, 2.75) is 18.9 Å². The van der Waals surface area contributed by atoms with E-state index < -0.39 is 18.1 Å². The van der Waals surface area contributed by atoms with Crippen LogP contribution in [0.3, 0.4) is 0 Å². The second kappa shape index (κ2) is 8.22. The Labute approximate surface area is 158 Å². The summed E-state index contributed by atoms with van der Waals surface area (Å²) in [4.78, 5) is 24.9. The lowest BCUT2D eigenvalue weighted by molar-refractivity contribution is -0.144. The molecule has 1 unspecified atom stereocenters. The Morgan fingerprint density at radius 1 is 1.07 bits per heavy atom. The summed E-state index contributed by atoms with van der Waals surface area (Å²) in [6.07, 6.45) is -0.677. The molecule has 0 spiro atoms. The normalized spacial score (nSPS) is 13.6. The zero-order valence-electron chi connectivity index (χ0n) is 15.4. The second-order valence-corrected chi connectivity index (χ2v) is 6.43. The van der Waals surface area contributed by atoms with Crippen molar-refractivity contribution in [3.05, 3.63) is 59.7 Å². The van der Waals surface area contributed by atoms with E-state index in [9.17, 15) is 14.7 Å². The van der Waals surface area contributed by atoms with Crippen molar-refractivity contribution in [2.75, 3.05) is 26.9 Å². The van der Waals surface area contributed by atoms with Crippen molar-refractivity contribution >= 4 is 12.1 Å². The molecule has 2 aromatic carbocycles. The lowest BCUT2D eigenvalue weighted by atomic mass is 9.98. The fraction of sp³-hybridized carbons (Fsp3) is 0.333. The monoisotopic (exact) mass is 369 g/mol. The Hall–Kier alpha value is -2.86. The summed E-state index contributed by atoms with van der Waals surface area (Å²) in [6, 6.07) is 15.0.